The SMILES string of the molecule is CC(N)c1ccc(-c2ccc(-c3ccnc(NC4CC(C)(C)NC(C)(C)C4)n3)s2)s1. The minimum atomic E-state index is 0.0728. The second kappa shape index (κ2) is 8.04. The number of rotatable bonds is 5. The van der Waals surface area contributed by atoms with E-state index in [9.17, 15) is 0 Å². The van der Waals surface area contributed by atoms with Gasteiger partial charge < -0.3 is 16.4 Å². The predicted molar refractivity (Wildman–Crippen MR) is 129 cm³/mol. The van der Waals surface area contributed by atoms with Crippen molar-refractivity contribution in [3.63, 3.8) is 0 Å². The van der Waals surface area contributed by atoms with Crippen LogP contribution in [0.15, 0.2) is 36.5 Å². The monoisotopic (exact) mass is 441 g/mol. The molecule has 1 fully saturated rings. The van der Waals surface area contributed by atoms with E-state index >= 15 is 0 Å². The van der Waals surface area contributed by atoms with E-state index in [-0.39, 0.29) is 17.1 Å². The van der Waals surface area contributed by atoms with E-state index in [2.05, 4.69) is 67.6 Å². The van der Waals surface area contributed by atoms with Gasteiger partial charge >= 0.3 is 0 Å². The molecule has 0 aromatic carbocycles. The van der Waals surface area contributed by atoms with E-state index in [0.29, 0.717) is 12.0 Å². The van der Waals surface area contributed by atoms with Crippen molar-refractivity contribution in [3.8, 4) is 20.3 Å². The van der Waals surface area contributed by atoms with Crippen LogP contribution < -0.4 is 16.4 Å². The average molecular weight is 442 g/mol. The molecule has 0 aliphatic carbocycles. The first-order valence-electron chi connectivity index (χ1n) is 10.5. The summed E-state index contributed by atoms with van der Waals surface area (Å²) in [5, 5.41) is 7.31. The normalized spacial score (nSPS) is 19.5. The molecule has 160 valence electrons. The van der Waals surface area contributed by atoms with Gasteiger partial charge in [0.15, 0.2) is 0 Å². The molecular formula is C23H31N5S2. The van der Waals surface area contributed by atoms with Gasteiger partial charge in [0.25, 0.3) is 0 Å². The molecule has 4 N–H and O–H groups in total. The van der Waals surface area contributed by atoms with E-state index in [4.69, 9.17) is 10.7 Å². The second-order valence-corrected chi connectivity index (χ2v) is 11.8. The van der Waals surface area contributed by atoms with Gasteiger partial charge in [0.1, 0.15) is 0 Å². The molecule has 3 aromatic heterocycles. The lowest BCUT2D eigenvalue weighted by Gasteiger charge is -2.46. The number of piperidine rings is 1. The third-order valence-corrected chi connectivity index (χ3v) is 7.95. The maximum atomic E-state index is 6.01. The van der Waals surface area contributed by atoms with Gasteiger partial charge in [0.2, 0.25) is 5.95 Å². The van der Waals surface area contributed by atoms with Gasteiger partial charge in [0, 0.05) is 44.0 Å². The van der Waals surface area contributed by atoms with Gasteiger partial charge in [0.05, 0.1) is 10.6 Å². The van der Waals surface area contributed by atoms with Gasteiger partial charge in [-0.05, 0) is 77.8 Å². The fraction of sp³-hybridized carbons (Fsp3) is 0.478. The van der Waals surface area contributed by atoms with Crippen molar-refractivity contribution in [3.05, 3.63) is 41.4 Å². The summed E-state index contributed by atoms with van der Waals surface area (Å²) < 4.78 is 0. The van der Waals surface area contributed by atoms with Crippen LogP contribution in [0.25, 0.3) is 20.3 Å². The molecule has 4 rings (SSSR count). The molecule has 4 heterocycles. The Bertz CT molecular complexity index is 1000. The van der Waals surface area contributed by atoms with Crippen LogP contribution in [-0.2, 0) is 0 Å². The Morgan fingerprint density at radius 3 is 2.30 bits per heavy atom. The zero-order valence-corrected chi connectivity index (χ0v) is 20.0. The molecule has 3 aromatic rings. The number of thiophene rings is 2. The van der Waals surface area contributed by atoms with Crippen molar-refractivity contribution in [2.24, 2.45) is 5.73 Å². The fourth-order valence-electron chi connectivity index (χ4n) is 4.51. The molecule has 7 heteroatoms. The van der Waals surface area contributed by atoms with E-state index in [0.717, 1.165) is 23.4 Å². The number of anilines is 1. The Morgan fingerprint density at radius 1 is 1.00 bits per heavy atom. The first-order valence-corrected chi connectivity index (χ1v) is 12.1. The Balaban J connectivity index is 1.52. The van der Waals surface area contributed by atoms with Crippen molar-refractivity contribution in [1.29, 1.82) is 0 Å². The predicted octanol–water partition coefficient (Wildman–Crippen LogP) is 5.67. The smallest absolute Gasteiger partial charge is 0.223 e. The molecule has 1 unspecified atom stereocenters. The summed E-state index contributed by atoms with van der Waals surface area (Å²) in [5.41, 5.74) is 7.14. The van der Waals surface area contributed by atoms with Crippen molar-refractivity contribution >= 4 is 28.6 Å². The van der Waals surface area contributed by atoms with Crippen LogP contribution in [0.3, 0.4) is 0 Å². The summed E-state index contributed by atoms with van der Waals surface area (Å²) in [6.45, 7) is 11.1. The highest BCUT2D eigenvalue weighted by Gasteiger charge is 2.37. The van der Waals surface area contributed by atoms with Crippen LogP contribution in [0, 0.1) is 0 Å². The Labute approximate surface area is 187 Å². The summed E-state index contributed by atoms with van der Waals surface area (Å²) in [6.07, 6.45) is 3.92. The molecule has 0 spiro atoms. The molecule has 1 aliphatic heterocycles. The molecular weight excluding hydrogens is 410 g/mol. The van der Waals surface area contributed by atoms with Gasteiger partial charge in [-0.1, -0.05) is 0 Å². The first-order chi connectivity index (χ1) is 14.1. The van der Waals surface area contributed by atoms with Crippen LogP contribution in [0.4, 0.5) is 5.95 Å². The Hall–Kier alpha value is -1.80. The largest absolute Gasteiger partial charge is 0.351 e. The molecule has 0 bridgehead atoms. The molecule has 1 aliphatic rings. The second-order valence-electron chi connectivity index (χ2n) is 9.56. The van der Waals surface area contributed by atoms with E-state index < -0.39 is 0 Å². The molecule has 0 amide bonds. The Kier molecular flexibility index (Phi) is 5.74. The fourth-order valence-corrected chi connectivity index (χ4v) is 6.54. The number of hydrogen-bond acceptors (Lipinski definition) is 7. The highest BCUT2D eigenvalue weighted by Crippen LogP contribution is 2.38. The zero-order valence-electron chi connectivity index (χ0n) is 18.3. The van der Waals surface area contributed by atoms with Gasteiger partial charge in [-0.15, -0.1) is 22.7 Å². The summed E-state index contributed by atoms with van der Waals surface area (Å²) >= 11 is 3.52. The minimum absolute atomic E-state index is 0.0728. The van der Waals surface area contributed by atoms with Crippen molar-refractivity contribution in [2.45, 2.75) is 70.6 Å². The average Bonchev–Trinajstić information content (AvgIpc) is 3.29. The number of aromatic nitrogens is 2. The highest BCUT2D eigenvalue weighted by molar-refractivity contribution is 7.23. The summed E-state index contributed by atoms with van der Waals surface area (Å²) in [4.78, 5) is 14.2. The number of nitrogens with two attached hydrogens (primary N) is 1. The van der Waals surface area contributed by atoms with Crippen LogP contribution >= 0.6 is 22.7 Å². The number of nitrogens with one attached hydrogen (secondary N) is 2. The lowest BCUT2D eigenvalue weighted by Crippen LogP contribution is -2.60. The van der Waals surface area contributed by atoms with Crippen molar-refractivity contribution < 1.29 is 0 Å². The molecule has 0 saturated carbocycles. The summed E-state index contributed by atoms with van der Waals surface area (Å²) in [6, 6.07) is 11.0. The first kappa shape index (κ1) is 21.4. The van der Waals surface area contributed by atoms with Gasteiger partial charge in [-0.2, -0.15) is 0 Å². The Morgan fingerprint density at radius 2 is 1.63 bits per heavy atom. The third kappa shape index (κ3) is 4.91. The summed E-state index contributed by atoms with van der Waals surface area (Å²) in [5.74, 6) is 0.705. The van der Waals surface area contributed by atoms with Crippen molar-refractivity contribution in [2.75, 3.05) is 5.32 Å². The zero-order chi connectivity index (χ0) is 21.5. The maximum Gasteiger partial charge on any atom is 0.223 e. The molecule has 1 saturated heterocycles. The highest BCUT2D eigenvalue weighted by atomic mass is 32.1. The van der Waals surface area contributed by atoms with Crippen LogP contribution in [0.5, 0.6) is 0 Å². The standard InChI is InChI=1S/C23H31N5S2/c1-14(24)17-6-8-19(29-17)20-9-7-18(30-20)16-10-11-25-21(27-16)26-15-12-22(2,3)28-23(4,5)13-15/h6-11,14-15,28H,12-13,24H2,1-5H3,(H,25,26,27). The third-order valence-electron chi connectivity index (χ3n) is 5.36. The molecule has 30 heavy (non-hydrogen) atoms. The van der Waals surface area contributed by atoms with Crippen LogP contribution in [0.2, 0.25) is 0 Å². The number of nitrogens with zero attached hydrogens (tertiary/aromatic N) is 2. The van der Waals surface area contributed by atoms with Gasteiger partial charge in [-0.25, -0.2) is 9.97 Å². The van der Waals surface area contributed by atoms with E-state index in [1.165, 1.54) is 14.6 Å². The maximum absolute atomic E-state index is 6.01. The topological polar surface area (TPSA) is 75.9 Å². The molecule has 5 nitrogen and oxygen atoms in total. The van der Waals surface area contributed by atoms with Crippen molar-refractivity contribution in [1.82, 2.24) is 15.3 Å². The lowest BCUT2D eigenvalue weighted by atomic mass is 9.80. The quantitative estimate of drug-likeness (QED) is 0.475. The van der Waals surface area contributed by atoms with Crippen LogP contribution in [0.1, 0.15) is 58.4 Å². The minimum Gasteiger partial charge on any atom is -0.351 e. The van der Waals surface area contributed by atoms with E-state index in [1.54, 1.807) is 22.7 Å². The van der Waals surface area contributed by atoms with Gasteiger partial charge in [-0.3, -0.25) is 0 Å². The molecule has 1 atom stereocenters. The molecule has 0 radical (unpaired) electrons. The van der Waals surface area contributed by atoms with E-state index in [1.807, 2.05) is 19.2 Å². The lowest BCUT2D eigenvalue weighted by molar-refractivity contribution is 0.170. The van der Waals surface area contributed by atoms with Crippen LogP contribution in [-0.4, -0.2) is 27.1 Å². The number of hydrogen-bond donors (Lipinski definition) is 3. The summed E-state index contributed by atoms with van der Waals surface area (Å²) in [7, 11) is 0.